The van der Waals surface area contributed by atoms with Crippen LogP contribution in [0.4, 0.5) is 0 Å². The van der Waals surface area contributed by atoms with Crippen molar-refractivity contribution in [3.8, 4) is 39.9 Å². The molecule has 0 saturated carbocycles. The van der Waals surface area contributed by atoms with Crippen molar-refractivity contribution in [1.29, 1.82) is 0 Å². The maximum absolute atomic E-state index is 6.83. The van der Waals surface area contributed by atoms with Crippen LogP contribution >= 0.6 is 0 Å². The second-order valence-corrected chi connectivity index (χ2v) is 16.7. The fourth-order valence-electron chi connectivity index (χ4n) is 10.2. The van der Waals surface area contributed by atoms with Crippen LogP contribution in [-0.2, 0) is 0 Å². The molecule has 0 unspecified atom stereocenters. The summed E-state index contributed by atoms with van der Waals surface area (Å²) in [5.41, 5.74) is 7.85. The Morgan fingerprint density at radius 2 is 0.953 bits per heavy atom. The lowest BCUT2D eigenvalue weighted by Gasteiger charge is -2.13. The average molecular weight is 815 g/mol. The molecule has 0 aliphatic heterocycles. The van der Waals surface area contributed by atoms with Crippen molar-refractivity contribution in [2.45, 2.75) is 0 Å². The molecule has 0 radical (unpaired) electrons. The van der Waals surface area contributed by atoms with E-state index in [1.54, 1.807) is 0 Å². The van der Waals surface area contributed by atoms with Crippen LogP contribution in [0, 0.1) is 0 Å². The summed E-state index contributed by atoms with van der Waals surface area (Å²) in [7, 11) is 0. The van der Waals surface area contributed by atoms with E-state index in [1.807, 2.05) is 18.2 Å². The van der Waals surface area contributed by atoms with Gasteiger partial charge in [-0.2, -0.15) is 0 Å². The minimum atomic E-state index is 0.597. The van der Waals surface area contributed by atoms with Crippen LogP contribution in [0.5, 0.6) is 0 Å². The standard InChI is InChI=1S/C59H34N4O/c1-2-15-36(16-3-1)57-60-58(62-59(61-57)49-31-39-19-7-8-20-41(39)43-22-10-11-23-44(43)49)40-27-29-54-47(32-40)48-34-53(45-24-12-13-25-46(45)56(48)64-54)63-51-28-26-35-14-6-9-21-42(35)55(51)50-30-37-17-4-5-18-38(37)33-52(50)63/h1-34H. The molecule has 0 amide bonds. The van der Waals surface area contributed by atoms with E-state index in [1.165, 1.54) is 37.7 Å². The molecule has 0 bridgehead atoms. The summed E-state index contributed by atoms with van der Waals surface area (Å²) in [5, 5.41) is 16.2. The Kier molecular flexibility index (Phi) is 7.33. The minimum Gasteiger partial charge on any atom is -0.455 e. The number of rotatable bonds is 4. The summed E-state index contributed by atoms with van der Waals surface area (Å²) in [5.74, 6) is 1.84. The van der Waals surface area contributed by atoms with Gasteiger partial charge in [-0.25, -0.2) is 15.0 Å². The number of hydrogen-bond donors (Lipinski definition) is 0. The van der Waals surface area contributed by atoms with Crippen molar-refractivity contribution in [2.24, 2.45) is 0 Å². The Bertz CT molecular complexity index is 4260. The first kappa shape index (κ1) is 35.0. The van der Waals surface area contributed by atoms with Crippen LogP contribution in [0.1, 0.15) is 0 Å². The van der Waals surface area contributed by atoms with Crippen molar-refractivity contribution in [3.05, 3.63) is 206 Å². The van der Waals surface area contributed by atoms with Crippen molar-refractivity contribution in [1.82, 2.24) is 19.5 Å². The van der Waals surface area contributed by atoms with Crippen LogP contribution in [0.3, 0.4) is 0 Å². The van der Waals surface area contributed by atoms with E-state index >= 15 is 0 Å². The van der Waals surface area contributed by atoms with Gasteiger partial charge in [0.15, 0.2) is 17.5 Å². The Morgan fingerprint density at radius 3 is 1.77 bits per heavy atom. The van der Waals surface area contributed by atoms with Crippen molar-refractivity contribution in [3.63, 3.8) is 0 Å². The Morgan fingerprint density at radius 1 is 0.328 bits per heavy atom. The van der Waals surface area contributed by atoms with E-state index in [0.717, 1.165) is 82.3 Å². The fourth-order valence-corrected chi connectivity index (χ4v) is 10.2. The van der Waals surface area contributed by atoms with Gasteiger partial charge in [0.1, 0.15) is 11.2 Å². The van der Waals surface area contributed by atoms with Gasteiger partial charge in [-0.15, -0.1) is 0 Å². The van der Waals surface area contributed by atoms with E-state index in [4.69, 9.17) is 19.4 Å². The van der Waals surface area contributed by atoms with Crippen molar-refractivity contribution >= 4 is 97.6 Å². The zero-order chi connectivity index (χ0) is 41.9. The molecule has 3 aromatic heterocycles. The van der Waals surface area contributed by atoms with Gasteiger partial charge >= 0.3 is 0 Å². The number of benzene rings is 11. The number of furan rings is 1. The van der Waals surface area contributed by atoms with Crippen LogP contribution < -0.4 is 0 Å². The van der Waals surface area contributed by atoms with Crippen LogP contribution in [0.2, 0.25) is 0 Å². The third kappa shape index (κ3) is 5.15. The van der Waals surface area contributed by atoms with E-state index in [-0.39, 0.29) is 0 Å². The lowest BCUT2D eigenvalue weighted by molar-refractivity contribution is 0.672. The largest absolute Gasteiger partial charge is 0.455 e. The van der Waals surface area contributed by atoms with E-state index < -0.39 is 0 Å². The molecular formula is C59H34N4O. The molecule has 296 valence electrons. The number of hydrogen-bond acceptors (Lipinski definition) is 4. The maximum atomic E-state index is 6.83. The van der Waals surface area contributed by atoms with Gasteiger partial charge in [-0.05, 0) is 91.6 Å². The Labute approximate surface area is 366 Å². The van der Waals surface area contributed by atoms with Gasteiger partial charge in [0.05, 0.1) is 16.7 Å². The summed E-state index contributed by atoms with van der Waals surface area (Å²) >= 11 is 0. The molecule has 0 aliphatic rings. The molecule has 0 fully saturated rings. The zero-order valence-corrected chi connectivity index (χ0v) is 34.3. The Hall–Kier alpha value is -8.67. The third-order valence-corrected chi connectivity index (χ3v) is 13.2. The monoisotopic (exact) mass is 814 g/mol. The molecule has 3 heterocycles. The molecule has 14 aromatic rings. The summed E-state index contributed by atoms with van der Waals surface area (Å²) in [6.07, 6.45) is 0. The highest BCUT2D eigenvalue weighted by molar-refractivity contribution is 6.25. The van der Waals surface area contributed by atoms with Gasteiger partial charge in [0.2, 0.25) is 0 Å². The summed E-state index contributed by atoms with van der Waals surface area (Å²) in [6, 6.07) is 73.3. The predicted octanol–water partition coefficient (Wildman–Crippen LogP) is 15.6. The van der Waals surface area contributed by atoms with Gasteiger partial charge in [-0.3, -0.25) is 0 Å². The molecule has 0 saturated heterocycles. The highest BCUT2D eigenvalue weighted by Gasteiger charge is 2.22. The van der Waals surface area contributed by atoms with Gasteiger partial charge in [0, 0.05) is 49.0 Å². The molecule has 5 heteroatoms. The summed E-state index contributed by atoms with van der Waals surface area (Å²) < 4.78 is 9.30. The second-order valence-electron chi connectivity index (χ2n) is 16.7. The SMILES string of the molecule is c1ccc(-c2nc(-c3ccc4oc5c6ccccc6c(-n6c7cc8ccccc8cc7c7c8ccccc8ccc76)cc5c4c3)nc(-c3cc4ccccc4c4ccccc34)n2)cc1. The van der Waals surface area contributed by atoms with E-state index in [0.29, 0.717) is 17.5 Å². The summed E-state index contributed by atoms with van der Waals surface area (Å²) in [6.45, 7) is 0. The first-order chi connectivity index (χ1) is 31.7. The van der Waals surface area contributed by atoms with Crippen LogP contribution in [0.25, 0.3) is 137 Å². The van der Waals surface area contributed by atoms with E-state index in [2.05, 4.69) is 193 Å². The molecule has 11 aromatic carbocycles. The highest BCUT2D eigenvalue weighted by Crippen LogP contribution is 2.44. The molecule has 0 atom stereocenters. The van der Waals surface area contributed by atoms with Gasteiger partial charge < -0.3 is 8.98 Å². The van der Waals surface area contributed by atoms with Gasteiger partial charge in [-0.1, -0.05) is 158 Å². The first-order valence-electron chi connectivity index (χ1n) is 21.7. The van der Waals surface area contributed by atoms with Gasteiger partial charge in [0.25, 0.3) is 0 Å². The number of fused-ring (bicyclic) bond motifs is 14. The quantitative estimate of drug-likeness (QED) is 0.166. The fraction of sp³-hybridized carbons (Fsp3) is 0. The smallest absolute Gasteiger partial charge is 0.164 e. The molecule has 14 rings (SSSR count). The minimum absolute atomic E-state index is 0.597. The molecule has 0 spiro atoms. The van der Waals surface area contributed by atoms with Crippen molar-refractivity contribution in [2.75, 3.05) is 0 Å². The lowest BCUT2D eigenvalue weighted by Crippen LogP contribution is -2.00. The molecule has 0 aliphatic carbocycles. The highest BCUT2D eigenvalue weighted by atomic mass is 16.3. The number of nitrogens with zero attached hydrogens (tertiary/aromatic N) is 4. The lowest BCUT2D eigenvalue weighted by atomic mass is 9.97. The molecule has 5 nitrogen and oxygen atoms in total. The zero-order valence-electron chi connectivity index (χ0n) is 34.3. The van der Waals surface area contributed by atoms with Crippen molar-refractivity contribution < 1.29 is 4.42 Å². The summed E-state index contributed by atoms with van der Waals surface area (Å²) in [4.78, 5) is 15.7. The third-order valence-electron chi connectivity index (χ3n) is 13.2. The van der Waals surface area contributed by atoms with E-state index in [9.17, 15) is 0 Å². The molecular weight excluding hydrogens is 781 g/mol. The van der Waals surface area contributed by atoms with Crippen LogP contribution in [0.15, 0.2) is 211 Å². The normalized spacial score (nSPS) is 12.1. The number of aromatic nitrogens is 4. The topological polar surface area (TPSA) is 56.7 Å². The second kappa shape index (κ2) is 13.4. The predicted molar refractivity (Wildman–Crippen MR) is 265 cm³/mol. The molecule has 0 N–H and O–H groups in total. The maximum Gasteiger partial charge on any atom is 0.164 e. The Balaban J connectivity index is 1.04. The average Bonchev–Trinajstić information content (AvgIpc) is 3.90. The first-order valence-corrected chi connectivity index (χ1v) is 21.7. The van der Waals surface area contributed by atoms with Crippen LogP contribution in [-0.4, -0.2) is 19.5 Å². The molecule has 64 heavy (non-hydrogen) atoms.